The van der Waals surface area contributed by atoms with E-state index in [0.717, 1.165) is 5.56 Å². The zero-order valence-electron chi connectivity index (χ0n) is 16.9. The van der Waals surface area contributed by atoms with Gasteiger partial charge in [-0.3, -0.25) is 4.79 Å². The Labute approximate surface area is 175 Å². The molecule has 30 heavy (non-hydrogen) atoms. The molecule has 3 aromatic rings. The van der Waals surface area contributed by atoms with Crippen LogP contribution in [0.3, 0.4) is 0 Å². The lowest BCUT2D eigenvalue weighted by Gasteiger charge is -2.22. The third kappa shape index (κ3) is 4.05. The number of urea groups is 1. The van der Waals surface area contributed by atoms with Gasteiger partial charge in [0.05, 0.1) is 11.8 Å². The average Bonchev–Trinajstić information content (AvgIpc) is 3.11. The number of nitrogens with zero attached hydrogens (tertiary/aromatic N) is 3. The minimum atomic E-state index is -0.451. The van der Waals surface area contributed by atoms with E-state index >= 15 is 0 Å². The second-order valence-corrected chi connectivity index (χ2v) is 7.41. The van der Waals surface area contributed by atoms with E-state index in [0.29, 0.717) is 55.4 Å². The lowest BCUT2D eigenvalue weighted by atomic mass is 10.1. The number of hydrogen-bond donors (Lipinski definition) is 1. The fraction of sp³-hybridized carbons (Fsp3) is 0.261. The fourth-order valence-electron chi connectivity index (χ4n) is 3.62. The van der Waals surface area contributed by atoms with Crippen LogP contribution in [0, 0.1) is 6.92 Å². The molecule has 0 aliphatic carbocycles. The summed E-state index contributed by atoms with van der Waals surface area (Å²) in [6.45, 7) is 4.02. The Morgan fingerprint density at radius 1 is 0.967 bits per heavy atom. The summed E-state index contributed by atoms with van der Waals surface area (Å²) < 4.78 is 6.00. The Balaban J connectivity index is 1.59. The van der Waals surface area contributed by atoms with Crippen molar-refractivity contribution in [3.05, 3.63) is 65.9 Å². The van der Waals surface area contributed by atoms with Crippen molar-refractivity contribution in [3.8, 4) is 22.8 Å². The van der Waals surface area contributed by atoms with Crippen LogP contribution in [-0.2, 0) is 0 Å². The van der Waals surface area contributed by atoms with Crippen LogP contribution in [0.2, 0.25) is 0 Å². The third-order valence-electron chi connectivity index (χ3n) is 5.32. The highest BCUT2D eigenvalue weighted by Gasteiger charge is 2.24. The number of benzene rings is 2. The number of aromatic nitrogens is 1. The molecule has 1 fully saturated rings. The predicted molar refractivity (Wildman–Crippen MR) is 114 cm³/mol. The topological polar surface area (TPSA) is 92.7 Å². The molecule has 1 saturated heterocycles. The van der Waals surface area contributed by atoms with Crippen molar-refractivity contribution in [1.82, 2.24) is 14.8 Å². The highest BCUT2D eigenvalue weighted by molar-refractivity contribution is 6.00. The van der Waals surface area contributed by atoms with E-state index < -0.39 is 6.03 Å². The molecular weight excluding hydrogens is 380 g/mol. The molecule has 154 valence electrons. The van der Waals surface area contributed by atoms with Crippen LogP contribution in [0.25, 0.3) is 22.8 Å². The monoisotopic (exact) mass is 404 g/mol. The quantitative estimate of drug-likeness (QED) is 0.723. The molecule has 0 bridgehead atoms. The summed E-state index contributed by atoms with van der Waals surface area (Å²) in [5.41, 5.74) is 8.67. The molecule has 0 radical (unpaired) electrons. The van der Waals surface area contributed by atoms with Gasteiger partial charge in [-0.1, -0.05) is 42.0 Å². The normalized spacial score (nSPS) is 14.4. The van der Waals surface area contributed by atoms with Gasteiger partial charge < -0.3 is 20.0 Å². The zero-order valence-corrected chi connectivity index (χ0v) is 16.9. The number of amides is 3. The maximum atomic E-state index is 13.3. The maximum Gasteiger partial charge on any atom is 0.314 e. The Kier molecular flexibility index (Phi) is 5.52. The van der Waals surface area contributed by atoms with Gasteiger partial charge in [-0.15, -0.1) is 0 Å². The van der Waals surface area contributed by atoms with Crippen molar-refractivity contribution in [3.63, 3.8) is 0 Å². The molecule has 1 aliphatic rings. The summed E-state index contributed by atoms with van der Waals surface area (Å²) in [4.78, 5) is 32.5. The van der Waals surface area contributed by atoms with Crippen LogP contribution in [-0.4, -0.2) is 52.9 Å². The summed E-state index contributed by atoms with van der Waals surface area (Å²) in [5, 5.41) is 0. The van der Waals surface area contributed by atoms with Crippen molar-refractivity contribution in [2.45, 2.75) is 13.3 Å². The van der Waals surface area contributed by atoms with Crippen LogP contribution in [0.1, 0.15) is 22.3 Å². The van der Waals surface area contributed by atoms with Gasteiger partial charge in [0.1, 0.15) is 0 Å². The number of primary amides is 1. The lowest BCUT2D eigenvalue weighted by Crippen LogP contribution is -2.39. The van der Waals surface area contributed by atoms with E-state index in [-0.39, 0.29) is 5.91 Å². The fourth-order valence-corrected chi connectivity index (χ4v) is 3.62. The summed E-state index contributed by atoms with van der Waals surface area (Å²) in [5.74, 6) is 0.953. The molecule has 2 heterocycles. The minimum absolute atomic E-state index is 0.105. The summed E-state index contributed by atoms with van der Waals surface area (Å²) >= 11 is 0. The number of carbonyl (C=O) groups excluding carboxylic acids is 2. The van der Waals surface area contributed by atoms with Gasteiger partial charge >= 0.3 is 6.03 Å². The van der Waals surface area contributed by atoms with Crippen LogP contribution in [0.15, 0.2) is 59.1 Å². The summed E-state index contributed by atoms with van der Waals surface area (Å²) in [7, 11) is 0. The summed E-state index contributed by atoms with van der Waals surface area (Å²) in [6.07, 6.45) is 2.37. The van der Waals surface area contributed by atoms with Crippen molar-refractivity contribution in [2.24, 2.45) is 5.73 Å². The first-order chi connectivity index (χ1) is 14.5. The van der Waals surface area contributed by atoms with E-state index in [4.69, 9.17) is 10.2 Å². The molecular formula is C23H24N4O3. The molecule has 3 amide bonds. The molecule has 7 nitrogen and oxygen atoms in total. The molecule has 0 saturated carbocycles. The number of rotatable bonds is 3. The van der Waals surface area contributed by atoms with Crippen LogP contribution in [0.5, 0.6) is 0 Å². The van der Waals surface area contributed by atoms with Gasteiger partial charge in [-0.25, -0.2) is 9.78 Å². The largest absolute Gasteiger partial charge is 0.436 e. The standard InChI is InChI=1S/C23H24N4O3/c1-16-7-9-17(10-8-16)20-15-25-21(30-20)18-5-2-3-6-19(18)22(28)26-11-4-12-27(14-13-26)23(24)29/h2-3,5-10,15H,4,11-14H2,1H3,(H2,24,29). The van der Waals surface area contributed by atoms with Gasteiger partial charge in [0.25, 0.3) is 5.91 Å². The molecule has 1 aromatic heterocycles. The number of aryl methyl sites for hydroxylation is 1. The minimum Gasteiger partial charge on any atom is -0.436 e. The third-order valence-corrected chi connectivity index (χ3v) is 5.32. The number of hydrogen-bond acceptors (Lipinski definition) is 4. The Hall–Kier alpha value is -3.61. The van der Waals surface area contributed by atoms with E-state index in [2.05, 4.69) is 4.98 Å². The number of nitrogens with two attached hydrogens (primary N) is 1. The SMILES string of the molecule is Cc1ccc(-c2cnc(-c3ccccc3C(=O)N3CCCN(C(N)=O)CC3)o2)cc1. The predicted octanol–water partition coefficient (Wildman–Crippen LogP) is 3.54. The van der Waals surface area contributed by atoms with Crippen LogP contribution < -0.4 is 5.73 Å². The second-order valence-electron chi connectivity index (χ2n) is 7.41. The number of carbonyl (C=O) groups is 2. The lowest BCUT2D eigenvalue weighted by molar-refractivity contribution is 0.0763. The van der Waals surface area contributed by atoms with E-state index in [1.807, 2.05) is 49.4 Å². The first-order valence-corrected chi connectivity index (χ1v) is 9.99. The molecule has 0 atom stereocenters. The molecule has 0 unspecified atom stereocenters. The van der Waals surface area contributed by atoms with Gasteiger partial charge in [0.15, 0.2) is 5.76 Å². The average molecular weight is 404 g/mol. The Morgan fingerprint density at radius 3 is 2.43 bits per heavy atom. The first kappa shape index (κ1) is 19.7. The molecule has 2 aromatic carbocycles. The van der Waals surface area contributed by atoms with Crippen molar-refractivity contribution >= 4 is 11.9 Å². The zero-order chi connectivity index (χ0) is 21.1. The van der Waals surface area contributed by atoms with Gasteiger partial charge in [0, 0.05) is 37.3 Å². The van der Waals surface area contributed by atoms with E-state index in [1.54, 1.807) is 22.1 Å². The van der Waals surface area contributed by atoms with Gasteiger partial charge in [0.2, 0.25) is 5.89 Å². The molecule has 7 heteroatoms. The van der Waals surface area contributed by atoms with Crippen LogP contribution in [0.4, 0.5) is 4.79 Å². The summed E-state index contributed by atoms with van der Waals surface area (Å²) in [6, 6.07) is 14.9. The van der Waals surface area contributed by atoms with Crippen molar-refractivity contribution in [1.29, 1.82) is 0 Å². The Morgan fingerprint density at radius 2 is 1.67 bits per heavy atom. The molecule has 2 N–H and O–H groups in total. The smallest absolute Gasteiger partial charge is 0.314 e. The molecule has 4 rings (SSSR count). The second kappa shape index (κ2) is 8.41. The molecule has 0 spiro atoms. The Bertz CT molecular complexity index is 1060. The number of oxazole rings is 1. The van der Waals surface area contributed by atoms with Gasteiger partial charge in [-0.2, -0.15) is 0 Å². The maximum absolute atomic E-state index is 13.3. The highest BCUT2D eigenvalue weighted by atomic mass is 16.4. The van der Waals surface area contributed by atoms with Crippen molar-refractivity contribution in [2.75, 3.05) is 26.2 Å². The molecule has 1 aliphatic heterocycles. The van der Waals surface area contributed by atoms with Gasteiger partial charge in [-0.05, 0) is 25.5 Å². The van der Waals surface area contributed by atoms with Crippen molar-refractivity contribution < 1.29 is 14.0 Å². The first-order valence-electron chi connectivity index (χ1n) is 9.99. The van der Waals surface area contributed by atoms with Crippen LogP contribution >= 0.6 is 0 Å². The van der Waals surface area contributed by atoms with E-state index in [1.165, 1.54) is 5.56 Å². The highest BCUT2D eigenvalue weighted by Crippen LogP contribution is 2.29. The van der Waals surface area contributed by atoms with E-state index in [9.17, 15) is 9.59 Å².